The highest BCUT2D eigenvalue weighted by Gasteiger charge is 2.37. The van der Waals surface area contributed by atoms with Gasteiger partial charge in [0.15, 0.2) is 5.49 Å². The van der Waals surface area contributed by atoms with Crippen LogP contribution in [0.3, 0.4) is 0 Å². The van der Waals surface area contributed by atoms with Crippen molar-refractivity contribution in [3.05, 3.63) is 46.6 Å². The molecule has 1 saturated heterocycles. The molecular weight excluding hydrogens is 499 g/mol. The number of halogens is 3. The van der Waals surface area contributed by atoms with E-state index in [0.29, 0.717) is 18.6 Å². The predicted molar refractivity (Wildman–Crippen MR) is 138 cm³/mol. The van der Waals surface area contributed by atoms with Gasteiger partial charge in [-0.3, -0.25) is 14.2 Å². The molecule has 1 fully saturated rings. The van der Waals surface area contributed by atoms with E-state index in [2.05, 4.69) is 4.99 Å². The Kier molecular flexibility index (Phi) is 8.30. The van der Waals surface area contributed by atoms with Crippen molar-refractivity contribution in [1.29, 1.82) is 0 Å². The van der Waals surface area contributed by atoms with Gasteiger partial charge in [-0.2, -0.15) is 18.2 Å². The molecule has 10 heteroatoms. The van der Waals surface area contributed by atoms with Gasteiger partial charge in [-0.05, 0) is 44.9 Å². The second kappa shape index (κ2) is 10.5. The molecule has 38 heavy (non-hydrogen) atoms. The zero-order valence-corrected chi connectivity index (χ0v) is 23.6. The molecule has 1 aliphatic rings. The van der Waals surface area contributed by atoms with Crippen LogP contribution in [0.15, 0.2) is 29.3 Å². The molecule has 1 aromatic carbocycles. The Bertz CT molecular complexity index is 1220. The second-order valence-corrected chi connectivity index (χ2v) is 12.2. The van der Waals surface area contributed by atoms with Gasteiger partial charge < -0.3 is 14.6 Å². The first-order valence-electron chi connectivity index (χ1n) is 12.9. The van der Waals surface area contributed by atoms with Gasteiger partial charge in [-0.25, -0.2) is 0 Å². The molecule has 1 aliphatic heterocycles. The first-order chi connectivity index (χ1) is 17.3. The molecule has 212 valence electrons. The molecule has 1 N–H and O–H groups in total. The van der Waals surface area contributed by atoms with Gasteiger partial charge in [0.25, 0.3) is 5.91 Å². The molecule has 1 amide bonds. The van der Waals surface area contributed by atoms with Crippen molar-refractivity contribution >= 4 is 5.91 Å². The highest BCUT2D eigenvalue weighted by atomic mass is 19.4. The third-order valence-corrected chi connectivity index (χ3v) is 7.41. The number of carbonyl (C=O) groups excluding carboxylic acids is 1. The van der Waals surface area contributed by atoms with Crippen LogP contribution in [0.25, 0.3) is 0 Å². The number of ether oxygens (including phenoxy) is 2. The van der Waals surface area contributed by atoms with Gasteiger partial charge in [0, 0.05) is 36.2 Å². The first kappa shape index (κ1) is 30.0. The van der Waals surface area contributed by atoms with Crippen molar-refractivity contribution in [3.63, 3.8) is 0 Å². The molecule has 2 heterocycles. The Balaban J connectivity index is 2.10. The molecule has 2 aromatic rings. The van der Waals surface area contributed by atoms with E-state index >= 15 is 0 Å². The van der Waals surface area contributed by atoms with Crippen LogP contribution in [0, 0.1) is 5.41 Å². The minimum atomic E-state index is -4.65. The van der Waals surface area contributed by atoms with Gasteiger partial charge in [0.2, 0.25) is 0 Å². The van der Waals surface area contributed by atoms with E-state index in [1.54, 1.807) is 33.8 Å². The molecule has 1 aromatic heterocycles. The quantitative estimate of drug-likeness (QED) is 0.522. The number of aliphatic hydroxyl groups is 1. The summed E-state index contributed by atoms with van der Waals surface area (Å²) in [7, 11) is 1.87. The normalized spacial score (nSPS) is 17.8. The molecular formula is C28H40F3N3O4. The van der Waals surface area contributed by atoms with E-state index < -0.39 is 28.7 Å². The molecule has 0 spiro atoms. The van der Waals surface area contributed by atoms with Gasteiger partial charge in [-0.15, -0.1) is 0 Å². The lowest BCUT2D eigenvalue weighted by Gasteiger charge is -2.36. The summed E-state index contributed by atoms with van der Waals surface area (Å²) in [6.07, 6.45) is -2.87. The molecule has 0 unspecified atom stereocenters. The van der Waals surface area contributed by atoms with Crippen LogP contribution in [0.2, 0.25) is 0 Å². The van der Waals surface area contributed by atoms with Crippen molar-refractivity contribution < 1.29 is 32.5 Å². The maximum absolute atomic E-state index is 13.6. The van der Waals surface area contributed by atoms with Crippen LogP contribution < -0.4 is 10.2 Å². The van der Waals surface area contributed by atoms with Crippen molar-refractivity contribution in [2.45, 2.75) is 91.1 Å². The van der Waals surface area contributed by atoms with Crippen molar-refractivity contribution in [2.75, 3.05) is 13.2 Å². The monoisotopic (exact) mass is 539 g/mol. The Morgan fingerprint density at radius 2 is 1.79 bits per heavy atom. The van der Waals surface area contributed by atoms with Crippen molar-refractivity contribution in [2.24, 2.45) is 17.5 Å². The number of amides is 1. The lowest BCUT2D eigenvalue weighted by Crippen LogP contribution is -2.43. The maximum Gasteiger partial charge on any atom is 0.416 e. The predicted octanol–water partition coefficient (Wildman–Crippen LogP) is 5.24. The maximum atomic E-state index is 13.6. The van der Waals surface area contributed by atoms with E-state index in [0.717, 1.165) is 36.7 Å². The summed E-state index contributed by atoms with van der Waals surface area (Å²) < 4.78 is 56.1. The summed E-state index contributed by atoms with van der Waals surface area (Å²) in [6.45, 7) is 14.0. The summed E-state index contributed by atoms with van der Waals surface area (Å²) in [4.78, 5) is 17.8. The molecule has 7 nitrogen and oxygen atoms in total. The summed E-state index contributed by atoms with van der Waals surface area (Å²) in [5.41, 5.74) is -2.17. The molecule has 0 saturated carbocycles. The highest BCUT2D eigenvalue weighted by molar-refractivity contribution is 5.97. The van der Waals surface area contributed by atoms with Crippen molar-refractivity contribution in [1.82, 2.24) is 9.36 Å². The number of nitrogens with zero attached hydrogens (tertiary/aromatic N) is 3. The third-order valence-electron chi connectivity index (χ3n) is 7.41. The van der Waals surface area contributed by atoms with Gasteiger partial charge in [0.05, 0.1) is 36.0 Å². The van der Waals surface area contributed by atoms with Crippen LogP contribution in [-0.2, 0) is 29.9 Å². The van der Waals surface area contributed by atoms with Crippen LogP contribution in [0.5, 0.6) is 5.75 Å². The standard InChI is InChI=1S/C28H40F3N3O4/c1-25(2,3)22-15-23(34(33(22)8)16-19-10-9-13-37-19)32-24(35)20-14-18(28(29,30)31)11-12-21(20)38-17-26(4,5)27(6,7)36/h11-12,14-15,19,36H,9-10,13,16-17H2,1-8H3/b32-23+/t19-/m1/s1. The number of hydrogen-bond donors (Lipinski definition) is 1. The highest BCUT2D eigenvalue weighted by Crippen LogP contribution is 2.35. The Morgan fingerprint density at radius 3 is 2.32 bits per heavy atom. The van der Waals surface area contributed by atoms with Crippen LogP contribution in [0.4, 0.5) is 13.2 Å². The van der Waals surface area contributed by atoms with E-state index in [-0.39, 0.29) is 29.4 Å². The average molecular weight is 540 g/mol. The number of rotatable bonds is 7. The largest absolute Gasteiger partial charge is 0.492 e. The van der Waals surface area contributed by atoms with E-state index in [1.807, 2.05) is 37.2 Å². The Hall–Kier alpha value is -2.59. The van der Waals surface area contributed by atoms with E-state index in [4.69, 9.17) is 9.47 Å². The lowest BCUT2D eigenvalue weighted by atomic mass is 9.78. The SMILES string of the molecule is Cn1c(C(C)(C)C)c/c(=N\C(=O)c2cc(C(F)(F)F)ccc2OCC(C)(C)C(C)(C)O)n1C[C@H]1CCCO1. The smallest absolute Gasteiger partial charge is 0.416 e. The van der Waals surface area contributed by atoms with E-state index in [9.17, 15) is 23.1 Å². The summed E-state index contributed by atoms with van der Waals surface area (Å²) in [6, 6.07) is 4.58. The summed E-state index contributed by atoms with van der Waals surface area (Å²) >= 11 is 0. The van der Waals surface area contributed by atoms with Crippen LogP contribution in [-0.4, -0.2) is 45.3 Å². The minimum Gasteiger partial charge on any atom is -0.492 e. The summed E-state index contributed by atoms with van der Waals surface area (Å²) in [5, 5.41) is 10.5. The van der Waals surface area contributed by atoms with Gasteiger partial charge in [0.1, 0.15) is 5.75 Å². The number of alkyl halides is 3. The topological polar surface area (TPSA) is 78.0 Å². The number of benzene rings is 1. The number of aromatic nitrogens is 2. The molecule has 0 bridgehead atoms. The number of carbonyl (C=O) groups is 1. The Labute approximate surface area is 222 Å². The van der Waals surface area contributed by atoms with Crippen LogP contribution >= 0.6 is 0 Å². The Morgan fingerprint density at radius 1 is 1.13 bits per heavy atom. The fraction of sp³-hybridized carbons (Fsp3) is 0.643. The molecule has 3 rings (SSSR count). The fourth-order valence-corrected chi connectivity index (χ4v) is 4.16. The third kappa shape index (κ3) is 6.69. The summed E-state index contributed by atoms with van der Waals surface area (Å²) in [5.74, 6) is -0.874. The second-order valence-electron chi connectivity index (χ2n) is 12.2. The fourth-order valence-electron chi connectivity index (χ4n) is 4.16. The first-order valence-corrected chi connectivity index (χ1v) is 12.9. The van der Waals surface area contributed by atoms with E-state index in [1.165, 1.54) is 0 Å². The molecule has 1 atom stereocenters. The lowest BCUT2D eigenvalue weighted by molar-refractivity contribution is -0.137. The van der Waals surface area contributed by atoms with Crippen LogP contribution in [0.1, 0.15) is 82.9 Å². The minimum absolute atomic E-state index is 0.0262. The van der Waals surface area contributed by atoms with Gasteiger partial charge in [-0.1, -0.05) is 34.6 Å². The average Bonchev–Trinajstić information content (AvgIpc) is 3.39. The zero-order chi connectivity index (χ0) is 28.7. The number of hydrogen-bond acceptors (Lipinski definition) is 4. The van der Waals surface area contributed by atoms with Crippen molar-refractivity contribution in [3.8, 4) is 5.75 Å². The van der Waals surface area contributed by atoms with Gasteiger partial charge >= 0.3 is 6.18 Å². The zero-order valence-electron chi connectivity index (χ0n) is 23.6. The molecule has 0 aliphatic carbocycles. The molecule has 0 radical (unpaired) electrons.